The van der Waals surface area contributed by atoms with Crippen molar-refractivity contribution in [1.82, 2.24) is 16.0 Å². The lowest BCUT2D eigenvalue weighted by atomic mass is 10.0. The lowest BCUT2D eigenvalue weighted by molar-refractivity contribution is -0.145. The van der Waals surface area contributed by atoms with Crippen LogP contribution in [0.15, 0.2) is 30.3 Å². The minimum atomic E-state index is -1.61. The fourth-order valence-electron chi connectivity index (χ4n) is 3.30. The zero-order valence-corrected chi connectivity index (χ0v) is 20.1. The van der Waals surface area contributed by atoms with Crippen molar-refractivity contribution in [3.8, 4) is 0 Å². The monoisotopic (exact) mass is 509 g/mol. The average molecular weight is 510 g/mol. The van der Waals surface area contributed by atoms with Crippen LogP contribution in [0.1, 0.15) is 38.2 Å². The third-order valence-electron chi connectivity index (χ3n) is 5.27. The van der Waals surface area contributed by atoms with Crippen molar-refractivity contribution in [3.05, 3.63) is 35.9 Å². The lowest BCUT2D eigenvalue weighted by Gasteiger charge is -2.26. The van der Waals surface area contributed by atoms with Gasteiger partial charge in [0, 0.05) is 6.42 Å². The summed E-state index contributed by atoms with van der Waals surface area (Å²) < 4.78 is 0. The molecule has 0 saturated carbocycles. The largest absolute Gasteiger partial charge is 0.481 e. The Labute approximate surface area is 208 Å². The molecule has 5 atom stereocenters. The molecule has 0 heterocycles. The van der Waals surface area contributed by atoms with Crippen molar-refractivity contribution >= 4 is 29.7 Å². The highest BCUT2D eigenvalue weighted by Gasteiger charge is 2.32. The van der Waals surface area contributed by atoms with Gasteiger partial charge in [-0.2, -0.15) is 0 Å². The number of carboxylic acid groups (broad SMARTS) is 2. The third kappa shape index (κ3) is 10.8. The summed E-state index contributed by atoms with van der Waals surface area (Å²) in [7, 11) is 0. The Bertz CT molecular complexity index is 896. The summed E-state index contributed by atoms with van der Waals surface area (Å²) in [5, 5.41) is 35.0. The number of carbonyl (C=O) groups is 5. The Kier molecular flexibility index (Phi) is 13.1. The van der Waals surface area contributed by atoms with Gasteiger partial charge in [0.15, 0.2) is 6.04 Å². The van der Waals surface area contributed by atoms with Crippen LogP contribution >= 0.6 is 0 Å². The van der Waals surface area contributed by atoms with Crippen LogP contribution in [0.3, 0.4) is 0 Å². The number of nitrogens with two attached hydrogens (primary N) is 2. The number of aliphatic hydroxyl groups is 1. The van der Waals surface area contributed by atoms with E-state index in [0.29, 0.717) is 24.9 Å². The van der Waals surface area contributed by atoms with Gasteiger partial charge in [0.1, 0.15) is 12.1 Å². The zero-order chi connectivity index (χ0) is 27.3. The van der Waals surface area contributed by atoms with E-state index in [-0.39, 0.29) is 12.8 Å². The molecule has 0 bridgehead atoms. The summed E-state index contributed by atoms with van der Waals surface area (Å²) in [5.74, 6) is -5.19. The van der Waals surface area contributed by atoms with E-state index in [1.165, 1.54) is 6.92 Å². The number of aliphatic carboxylic acids is 2. The number of rotatable bonds is 16. The highest BCUT2D eigenvalue weighted by molar-refractivity contribution is 5.94. The standard InChI is InChI=1S/C23H35N5O8/c1-13(29)19(23(35)36)28-22(34)17(11-14-7-3-2-4-8-14)27-21(33)16(9-5-6-10-24)26-20(32)15(25)12-18(30)31/h2-4,7-8,13,15-17,19,29H,5-6,9-12,24-25H2,1H3,(H,26,32)(H,27,33)(H,28,34)(H,30,31)(H,35,36). The second-order valence-corrected chi connectivity index (χ2v) is 8.37. The Morgan fingerprint density at radius 3 is 2.00 bits per heavy atom. The number of carboxylic acids is 2. The van der Waals surface area contributed by atoms with Gasteiger partial charge in [0.2, 0.25) is 17.7 Å². The smallest absolute Gasteiger partial charge is 0.328 e. The van der Waals surface area contributed by atoms with Gasteiger partial charge in [-0.1, -0.05) is 30.3 Å². The van der Waals surface area contributed by atoms with Crippen LogP contribution in [0, 0.1) is 0 Å². The third-order valence-corrected chi connectivity index (χ3v) is 5.27. The maximum atomic E-state index is 13.1. The molecule has 5 unspecified atom stereocenters. The minimum Gasteiger partial charge on any atom is -0.481 e. The molecule has 3 amide bonds. The Morgan fingerprint density at radius 1 is 0.889 bits per heavy atom. The molecule has 0 aliphatic heterocycles. The SMILES string of the molecule is CC(O)C(NC(=O)C(Cc1ccccc1)NC(=O)C(CCCCN)NC(=O)C(N)CC(=O)O)C(=O)O. The van der Waals surface area contributed by atoms with E-state index in [9.17, 15) is 34.2 Å². The second kappa shape index (κ2) is 15.4. The van der Waals surface area contributed by atoms with Crippen LogP contribution in [0.4, 0.5) is 0 Å². The Morgan fingerprint density at radius 2 is 1.47 bits per heavy atom. The highest BCUT2D eigenvalue weighted by atomic mass is 16.4. The molecule has 13 heteroatoms. The molecule has 1 aromatic rings. The number of amides is 3. The molecule has 36 heavy (non-hydrogen) atoms. The summed E-state index contributed by atoms with van der Waals surface area (Å²) in [6, 6.07) is 3.23. The second-order valence-electron chi connectivity index (χ2n) is 8.37. The summed E-state index contributed by atoms with van der Waals surface area (Å²) in [6.07, 6.45) is -0.923. The first-order valence-electron chi connectivity index (χ1n) is 11.5. The topological polar surface area (TPSA) is 234 Å². The van der Waals surface area contributed by atoms with Gasteiger partial charge in [0.25, 0.3) is 0 Å². The van der Waals surface area contributed by atoms with E-state index in [1.54, 1.807) is 30.3 Å². The van der Waals surface area contributed by atoms with Crippen LogP contribution in [0.2, 0.25) is 0 Å². The lowest BCUT2D eigenvalue weighted by Crippen LogP contribution is -2.58. The molecule has 1 aromatic carbocycles. The van der Waals surface area contributed by atoms with Crippen LogP contribution < -0.4 is 27.4 Å². The van der Waals surface area contributed by atoms with Gasteiger partial charge in [0.05, 0.1) is 18.6 Å². The molecule has 0 fully saturated rings. The molecule has 10 N–H and O–H groups in total. The van der Waals surface area contributed by atoms with E-state index in [0.717, 1.165) is 0 Å². The number of hydrogen-bond donors (Lipinski definition) is 8. The van der Waals surface area contributed by atoms with Crippen molar-refractivity contribution in [3.63, 3.8) is 0 Å². The van der Waals surface area contributed by atoms with Crippen LogP contribution in [-0.4, -0.2) is 81.8 Å². The normalized spacial score (nSPS) is 15.0. The van der Waals surface area contributed by atoms with Crippen molar-refractivity contribution in [2.24, 2.45) is 11.5 Å². The molecular weight excluding hydrogens is 474 g/mol. The molecule has 0 aliphatic carbocycles. The van der Waals surface area contributed by atoms with Crippen molar-refractivity contribution < 1.29 is 39.3 Å². The first-order chi connectivity index (χ1) is 17.0. The maximum absolute atomic E-state index is 13.1. The van der Waals surface area contributed by atoms with Gasteiger partial charge >= 0.3 is 11.9 Å². The Hall–Kier alpha value is -3.55. The van der Waals surface area contributed by atoms with E-state index in [2.05, 4.69) is 16.0 Å². The van der Waals surface area contributed by atoms with Crippen LogP contribution in [0.25, 0.3) is 0 Å². The van der Waals surface area contributed by atoms with Gasteiger partial charge in [-0.05, 0) is 38.3 Å². The summed E-state index contributed by atoms with van der Waals surface area (Å²) >= 11 is 0. The zero-order valence-electron chi connectivity index (χ0n) is 20.1. The van der Waals surface area contributed by atoms with Gasteiger partial charge in [-0.25, -0.2) is 4.79 Å². The molecule has 0 aromatic heterocycles. The predicted molar refractivity (Wildman–Crippen MR) is 128 cm³/mol. The molecule has 0 saturated heterocycles. The predicted octanol–water partition coefficient (Wildman–Crippen LogP) is -1.92. The van der Waals surface area contributed by atoms with E-state index >= 15 is 0 Å². The number of hydrogen-bond acceptors (Lipinski definition) is 8. The highest BCUT2D eigenvalue weighted by Crippen LogP contribution is 2.08. The average Bonchev–Trinajstić information content (AvgIpc) is 2.81. The molecule has 0 spiro atoms. The molecule has 0 radical (unpaired) electrons. The number of unbranched alkanes of at least 4 members (excludes halogenated alkanes) is 1. The number of carbonyl (C=O) groups excluding carboxylic acids is 3. The number of aliphatic hydroxyl groups excluding tert-OH is 1. The summed E-state index contributed by atoms with van der Waals surface area (Å²) in [5.41, 5.74) is 11.8. The first kappa shape index (κ1) is 30.5. The maximum Gasteiger partial charge on any atom is 0.328 e. The minimum absolute atomic E-state index is 0.00738. The molecule has 0 aliphatic rings. The van der Waals surface area contributed by atoms with Crippen molar-refractivity contribution in [2.45, 2.75) is 69.3 Å². The van der Waals surface area contributed by atoms with Gasteiger partial charge < -0.3 is 42.7 Å². The number of nitrogens with one attached hydrogen (secondary N) is 3. The molecule has 200 valence electrons. The van der Waals surface area contributed by atoms with Crippen LogP contribution in [-0.2, 0) is 30.4 Å². The fraction of sp³-hybridized carbons (Fsp3) is 0.522. The molecule has 13 nitrogen and oxygen atoms in total. The molecular formula is C23H35N5O8. The number of benzene rings is 1. The molecule has 1 rings (SSSR count). The summed E-state index contributed by atoms with van der Waals surface area (Å²) in [4.78, 5) is 60.7. The van der Waals surface area contributed by atoms with Gasteiger partial charge in [-0.15, -0.1) is 0 Å². The van der Waals surface area contributed by atoms with Gasteiger partial charge in [-0.3, -0.25) is 19.2 Å². The summed E-state index contributed by atoms with van der Waals surface area (Å²) in [6.45, 7) is 1.54. The van der Waals surface area contributed by atoms with Crippen LogP contribution in [0.5, 0.6) is 0 Å². The van der Waals surface area contributed by atoms with Crippen molar-refractivity contribution in [1.29, 1.82) is 0 Å². The van der Waals surface area contributed by atoms with Crippen molar-refractivity contribution in [2.75, 3.05) is 6.54 Å². The van der Waals surface area contributed by atoms with E-state index in [1.807, 2.05) is 0 Å². The van der Waals surface area contributed by atoms with E-state index in [4.69, 9.17) is 16.6 Å². The first-order valence-corrected chi connectivity index (χ1v) is 11.5. The quantitative estimate of drug-likeness (QED) is 0.115. The van der Waals surface area contributed by atoms with E-state index < -0.39 is 66.4 Å². The fourth-order valence-corrected chi connectivity index (χ4v) is 3.30. The Balaban J connectivity index is 3.11.